The minimum absolute atomic E-state index is 0.0428. The van der Waals surface area contributed by atoms with E-state index in [0.29, 0.717) is 66.8 Å². The number of hydrogen-bond donors (Lipinski definition) is 1. The van der Waals surface area contributed by atoms with Gasteiger partial charge in [0, 0.05) is 37.2 Å². The van der Waals surface area contributed by atoms with E-state index in [9.17, 15) is 18.3 Å². The number of halogens is 4. The van der Waals surface area contributed by atoms with Gasteiger partial charge in [-0.15, -0.1) is 0 Å². The van der Waals surface area contributed by atoms with Crippen molar-refractivity contribution >= 4 is 16.6 Å². The van der Waals surface area contributed by atoms with Crippen LogP contribution in [0.3, 0.4) is 0 Å². The molecular weight excluding hydrogens is 510 g/mol. The van der Waals surface area contributed by atoms with Gasteiger partial charge >= 0.3 is 0 Å². The zero-order chi connectivity index (χ0) is 28.2. The molecule has 0 aliphatic carbocycles. The second kappa shape index (κ2) is 12.2. The second-order valence-corrected chi connectivity index (χ2v) is 10.3. The monoisotopic (exact) mass is 543 g/mol. The molecule has 0 spiro atoms. The van der Waals surface area contributed by atoms with Crippen molar-refractivity contribution < 1.29 is 27.4 Å². The third-order valence-corrected chi connectivity index (χ3v) is 7.59. The first kappa shape index (κ1) is 28.7. The van der Waals surface area contributed by atoms with Gasteiger partial charge in [-0.1, -0.05) is 11.8 Å². The number of rotatable bonds is 8. The summed E-state index contributed by atoms with van der Waals surface area (Å²) >= 11 is 0. The van der Waals surface area contributed by atoms with Crippen molar-refractivity contribution in [1.82, 2.24) is 9.88 Å². The normalized spacial score (nSPS) is 16.0. The molecule has 39 heavy (non-hydrogen) atoms. The summed E-state index contributed by atoms with van der Waals surface area (Å²) in [5.41, 5.74) is 1.63. The Labute approximate surface area is 226 Å². The van der Waals surface area contributed by atoms with E-state index in [0.717, 1.165) is 12.1 Å². The van der Waals surface area contributed by atoms with E-state index in [4.69, 9.17) is 4.74 Å². The lowest BCUT2D eigenvalue weighted by Crippen LogP contribution is -2.42. The van der Waals surface area contributed by atoms with Crippen LogP contribution in [0.4, 0.5) is 23.2 Å². The molecule has 4 rings (SSSR count). The molecule has 208 valence electrons. The van der Waals surface area contributed by atoms with Crippen LogP contribution in [0.5, 0.6) is 5.75 Å². The van der Waals surface area contributed by atoms with Gasteiger partial charge in [-0.3, -0.25) is 9.88 Å². The molecule has 1 atom stereocenters. The highest BCUT2D eigenvalue weighted by Crippen LogP contribution is 2.42. The van der Waals surface area contributed by atoms with Crippen molar-refractivity contribution in [2.24, 2.45) is 5.41 Å². The zero-order valence-corrected chi connectivity index (χ0v) is 22.4. The summed E-state index contributed by atoms with van der Waals surface area (Å²) in [7, 11) is 5.29. The summed E-state index contributed by atoms with van der Waals surface area (Å²) in [5.74, 6) is 2.14. The number of benzene rings is 2. The number of nitrogens with zero attached hydrogens (tertiary/aromatic N) is 3. The highest BCUT2D eigenvalue weighted by Gasteiger charge is 2.35. The van der Waals surface area contributed by atoms with Crippen LogP contribution in [0.15, 0.2) is 36.5 Å². The van der Waals surface area contributed by atoms with E-state index in [1.807, 2.05) is 31.1 Å². The SMILES string of the molecule is COc1ccc2ncc(N(C)C)c(C(F)CCC3(CO)CCN(CC#Cc4cc(F)c(F)c(F)c4)CC3)c2c1. The first-order chi connectivity index (χ1) is 18.7. The van der Waals surface area contributed by atoms with Gasteiger partial charge in [0.15, 0.2) is 17.5 Å². The summed E-state index contributed by atoms with van der Waals surface area (Å²) in [5, 5.41) is 11.0. The maximum absolute atomic E-state index is 16.0. The minimum Gasteiger partial charge on any atom is -0.497 e. The van der Waals surface area contributed by atoms with Crippen LogP contribution >= 0.6 is 0 Å². The van der Waals surface area contributed by atoms with Crippen molar-refractivity contribution in [2.45, 2.75) is 31.9 Å². The molecule has 1 unspecified atom stereocenters. The lowest BCUT2D eigenvalue weighted by atomic mass is 9.74. The minimum atomic E-state index is -1.51. The molecule has 3 aromatic rings. The molecule has 1 aromatic heterocycles. The van der Waals surface area contributed by atoms with Crippen molar-refractivity contribution in [3.8, 4) is 17.6 Å². The Morgan fingerprint density at radius 1 is 1.13 bits per heavy atom. The molecule has 2 heterocycles. The number of fused-ring (bicyclic) bond motifs is 1. The number of anilines is 1. The number of methoxy groups -OCH3 is 1. The molecule has 1 fully saturated rings. The summed E-state index contributed by atoms with van der Waals surface area (Å²) < 4.78 is 61.3. The third kappa shape index (κ3) is 6.45. The molecule has 0 bridgehead atoms. The number of alkyl halides is 1. The smallest absolute Gasteiger partial charge is 0.194 e. The number of hydrogen-bond acceptors (Lipinski definition) is 5. The van der Waals surface area contributed by atoms with Crippen LogP contribution in [0, 0.1) is 34.7 Å². The average molecular weight is 544 g/mol. The molecule has 0 radical (unpaired) electrons. The fourth-order valence-corrected chi connectivity index (χ4v) is 5.13. The molecule has 1 N–H and O–H groups in total. The van der Waals surface area contributed by atoms with Crippen molar-refractivity contribution in [3.63, 3.8) is 0 Å². The number of aliphatic hydroxyl groups excluding tert-OH is 1. The van der Waals surface area contributed by atoms with Gasteiger partial charge in [-0.2, -0.15) is 0 Å². The van der Waals surface area contributed by atoms with Gasteiger partial charge < -0.3 is 14.7 Å². The fraction of sp³-hybridized carbons (Fsp3) is 0.433. The Morgan fingerprint density at radius 3 is 2.44 bits per heavy atom. The van der Waals surface area contributed by atoms with E-state index >= 15 is 4.39 Å². The maximum Gasteiger partial charge on any atom is 0.194 e. The summed E-state index contributed by atoms with van der Waals surface area (Å²) in [6.45, 7) is 1.62. The second-order valence-electron chi connectivity index (χ2n) is 10.3. The fourth-order valence-electron chi connectivity index (χ4n) is 5.13. The van der Waals surface area contributed by atoms with Crippen LogP contribution in [0.25, 0.3) is 10.9 Å². The molecular formula is C30H33F4N3O2. The summed E-state index contributed by atoms with van der Waals surface area (Å²) in [6, 6.07) is 7.18. The molecule has 0 amide bonds. The molecule has 1 aliphatic rings. The quantitative estimate of drug-likeness (QED) is 0.226. The van der Waals surface area contributed by atoms with E-state index in [1.165, 1.54) is 0 Å². The van der Waals surface area contributed by atoms with Gasteiger partial charge in [-0.25, -0.2) is 17.6 Å². The Kier molecular flexibility index (Phi) is 8.98. The Bertz CT molecular complexity index is 1350. The van der Waals surface area contributed by atoms with E-state index < -0.39 is 29.0 Å². The summed E-state index contributed by atoms with van der Waals surface area (Å²) in [6.07, 6.45) is 2.53. The highest BCUT2D eigenvalue weighted by atomic mass is 19.2. The van der Waals surface area contributed by atoms with Gasteiger partial charge in [0.05, 0.1) is 31.1 Å². The first-order valence-electron chi connectivity index (χ1n) is 12.9. The standard InChI is InChI=1S/C30H33F4N3O2/c1-36(2)27-18-35-26-7-6-21(39-3)17-22(26)28(27)23(31)8-9-30(19-38)10-13-37(14-11-30)12-4-5-20-15-24(32)29(34)25(33)16-20/h6-7,15-18,23,38H,8-14,19H2,1-3H3. The van der Waals surface area contributed by atoms with Crippen molar-refractivity contribution in [2.75, 3.05) is 52.3 Å². The average Bonchev–Trinajstić information content (AvgIpc) is 2.94. The number of aliphatic hydroxyl groups is 1. The predicted octanol–water partition coefficient (Wildman–Crippen LogP) is 5.64. The Hall–Kier alpha value is -3.35. The topological polar surface area (TPSA) is 48.8 Å². The Morgan fingerprint density at radius 2 is 1.82 bits per heavy atom. The number of piperidine rings is 1. The third-order valence-electron chi connectivity index (χ3n) is 7.59. The maximum atomic E-state index is 16.0. The van der Waals surface area contributed by atoms with Crippen LogP contribution in [-0.4, -0.2) is 62.4 Å². The Balaban J connectivity index is 1.42. The molecule has 1 saturated heterocycles. The number of ether oxygens (including phenoxy) is 1. The first-order valence-corrected chi connectivity index (χ1v) is 12.9. The van der Waals surface area contributed by atoms with E-state index in [-0.39, 0.29) is 18.6 Å². The zero-order valence-electron chi connectivity index (χ0n) is 22.4. The molecule has 9 heteroatoms. The van der Waals surface area contributed by atoms with Crippen LogP contribution < -0.4 is 9.64 Å². The number of aromatic nitrogens is 1. The molecule has 2 aromatic carbocycles. The summed E-state index contributed by atoms with van der Waals surface area (Å²) in [4.78, 5) is 8.42. The van der Waals surface area contributed by atoms with Crippen molar-refractivity contribution in [1.29, 1.82) is 0 Å². The van der Waals surface area contributed by atoms with E-state index in [2.05, 4.69) is 21.7 Å². The van der Waals surface area contributed by atoms with Crippen LogP contribution in [0.2, 0.25) is 0 Å². The van der Waals surface area contributed by atoms with Crippen molar-refractivity contribution in [3.05, 3.63) is 65.1 Å². The predicted molar refractivity (Wildman–Crippen MR) is 144 cm³/mol. The highest BCUT2D eigenvalue weighted by molar-refractivity contribution is 5.88. The van der Waals surface area contributed by atoms with E-state index in [1.54, 1.807) is 19.4 Å². The lowest BCUT2D eigenvalue weighted by molar-refractivity contribution is 0.0345. The van der Waals surface area contributed by atoms with Crippen LogP contribution in [-0.2, 0) is 0 Å². The largest absolute Gasteiger partial charge is 0.497 e. The van der Waals surface area contributed by atoms with Gasteiger partial charge in [0.2, 0.25) is 0 Å². The van der Waals surface area contributed by atoms with Gasteiger partial charge in [0.25, 0.3) is 0 Å². The number of pyridine rings is 1. The lowest BCUT2D eigenvalue weighted by Gasteiger charge is -2.40. The number of likely N-dealkylation sites (tertiary alicyclic amines) is 1. The molecule has 5 nitrogen and oxygen atoms in total. The van der Waals surface area contributed by atoms with Gasteiger partial charge in [-0.05, 0) is 74.5 Å². The molecule has 1 aliphatic heterocycles. The van der Waals surface area contributed by atoms with Gasteiger partial charge in [0.1, 0.15) is 11.9 Å². The van der Waals surface area contributed by atoms with Crippen LogP contribution in [0.1, 0.15) is 43.0 Å². The molecule has 0 saturated carbocycles.